The number of hydrogen-bond acceptors (Lipinski definition) is 3. The third kappa shape index (κ3) is 1.39. The van der Waals surface area contributed by atoms with Gasteiger partial charge in [-0.15, -0.1) is 0 Å². The second-order valence-electron chi connectivity index (χ2n) is 3.41. The lowest BCUT2D eigenvalue weighted by molar-refractivity contribution is -0.137. The van der Waals surface area contributed by atoms with E-state index >= 15 is 0 Å². The van der Waals surface area contributed by atoms with Gasteiger partial charge in [0.05, 0.1) is 6.42 Å². The summed E-state index contributed by atoms with van der Waals surface area (Å²) < 4.78 is 0. The van der Waals surface area contributed by atoms with Crippen LogP contribution in [0, 0.1) is 0 Å². The van der Waals surface area contributed by atoms with Gasteiger partial charge in [-0.2, -0.15) is 0 Å². The average Bonchev–Trinajstić information content (AvgIpc) is 2.49. The third-order valence-corrected chi connectivity index (χ3v) is 2.45. The Morgan fingerprint density at radius 3 is 3.07 bits per heavy atom. The van der Waals surface area contributed by atoms with Crippen molar-refractivity contribution in [3.8, 4) is 5.75 Å². The first-order valence-corrected chi connectivity index (χ1v) is 4.46. The largest absolute Gasteiger partial charge is 0.508 e. The van der Waals surface area contributed by atoms with Crippen LogP contribution in [-0.2, 0) is 4.79 Å². The van der Waals surface area contributed by atoms with Crippen molar-refractivity contribution in [2.24, 2.45) is 0 Å². The van der Waals surface area contributed by atoms with Gasteiger partial charge in [-0.3, -0.25) is 4.79 Å². The van der Waals surface area contributed by atoms with Crippen LogP contribution in [0.15, 0.2) is 18.2 Å². The van der Waals surface area contributed by atoms with Gasteiger partial charge in [0.15, 0.2) is 0 Å². The molecule has 1 heterocycles. The molecule has 0 saturated carbocycles. The van der Waals surface area contributed by atoms with Crippen LogP contribution in [0.1, 0.15) is 17.9 Å². The van der Waals surface area contributed by atoms with Crippen molar-refractivity contribution >= 4 is 11.7 Å². The molecule has 0 aromatic heterocycles. The van der Waals surface area contributed by atoms with Gasteiger partial charge in [0.2, 0.25) is 0 Å². The van der Waals surface area contributed by atoms with E-state index in [1.165, 1.54) is 0 Å². The highest BCUT2D eigenvalue weighted by Crippen LogP contribution is 2.39. The zero-order valence-electron chi connectivity index (χ0n) is 7.53. The number of benzene rings is 1. The first-order chi connectivity index (χ1) is 6.68. The van der Waals surface area contributed by atoms with E-state index < -0.39 is 5.97 Å². The highest BCUT2D eigenvalue weighted by atomic mass is 16.4. The molecule has 1 aliphatic rings. The molecule has 0 radical (unpaired) electrons. The highest BCUT2D eigenvalue weighted by molar-refractivity contribution is 5.72. The molecular formula is C10H11NO3. The number of phenols is 1. The van der Waals surface area contributed by atoms with E-state index in [1.54, 1.807) is 12.1 Å². The van der Waals surface area contributed by atoms with Crippen molar-refractivity contribution in [3.63, 3.8) is 0 Å². The van der Waals surface area contributed by atoms with Crippen LogP contribution < -0.4 is 5.32 Å². The number of aliphatic carboxylic acids is 1. The van der Waals surface area contributed by atoms with Crippen LogP contribution in [0.2, 0.25) is 0 Å². The normalized spacial score (nSPS) is 18.7. The Morgan fingerprint density at radius 2 is 2.36 bits per heavy atom. The topological polar surface area (TPSA) is 69.6 Å². The minimum atomic E-state index is -0.840. The molecule has 0 fully saturated rings. The smallest absolute Gasteiger partial charge is 0.304 e. The molecule has 74 valence electrons. The SMILES string of the molecule is O=C(O)CC1CNc2cccc(O)c21. The van der Waals surface area contributed by atoms with Crippen molar-refractivity contribution in [1.82, 2.24) is 0 Å². The second-order valence-corrected chi connectivity index (χ2v) is 3.41. The zero-order valence-corrected chi connectivity index (χ0v) is 7.53. The summed E-state index contributed by atoms with van der Waals surface area (Å²) in [5, 5.41) is 21.3. The summed E-state index contributed by atoms with van der Waals surface area (Å²) in [5.74, 6) is -0.782. The predicted molar refractivity (Wildman–Crippen MR) is 51.6 cm³/mol. The molecule has 4 heteroatoms. The quantitative estimate of drug-likeness (QED) is 0.663. The van der Waals surface area contributed by atoms with Gasteiger partial charge in [0, 0.05) is 23.7 Å². The molecule has 1 aromatic carbocycles. The number of hydrogen-bond donors (Lipinski definition) is 3. The monoisotopic (exact) mass is 193 g/mol. The first-order valence-electron chi connectivity index (χ1n) is 4.46. The van der Waals surface area contributed by atoms with Gasteiger partial charge in [-0.1, -0.05) is 6.07 Å². The summed E-state index contributed by atoms with van der Waals surface area (Å²) in [5.41, 5.74) is 1.58. The van der Waals surface area contributed by atoms with Crippen molar-refractivity contribution < 1.29 is 15.0 Å². The number of anilines is 1. The second kappa shape index (κ2) is 3.21. The molecule has 4 nitrogen and oxygen atoms in total. The number of carbonyl (C=O) groups is 1. The first kappa shape index (κ1) is 8.87. The molecule has 1 unspecified atom stereocenters. The Labute approximate surface area is 81.2 Å². The number of aromatic hydroxyl groups is 1. The summed E-state index contributed by atoms with van der Waals surface area (Å²) in [6.07, 6.45) is 0.0531. The van der Waals surface area contributed by atoms with Gasteiger partial charge in [0.25, 0.3) is 0 Å². The number of phenolic OH excluding ortho intramolecular Hbond substituents is 1. The number of fused-ring (bicyclic) bond motifs is 1. The number of carboxylic acid groups (broad SMARTS) is 1. The predicted octanol–water partition coefficient (Wildman–Crippen LogP) is 1.38. The van der Waals surface area contributed by atoms with Crippen LogP contribution in [0.5, 0.6) is 5.75 Å². The molecule has 1 aromatic rings. The fourth-order valence-corrected chi connectivity index (χ4v) is 1.86. The standard InChI is InChI=1S/C10H11NO3/c12-8-3-1-2-7-10(8)6(5-11-7)4-9(13)14/h1-3,6,11-12H,4-5H2,(H,13,14). The zero-order chi connectivity index (χ0) is 10.1. The molecule has 0 saturated heterocycles. The van der Waals surface area contributed by atoms with E-state index in [4.69, 9.17) is 5.11 Å². The van der Waals surface area contributed by atoms with Gasteiger partial charge in [-0.05, 0) is 12.1 Å². The van der Waals surface area contributed by atoms with Crippen molar-refractivity contribution in [1.29, 1.82) is 0 Å². The molecular weight excluding hydrogens is 182 g/mol. The fourth-order valence-electron chi connectivity index (χ4n) is 1.86. The molecule has 0 bridgehead atoms. The summed E-state index contributed by atoms with van der Waals surface area (Å²) in [7, 11) is 0. The number of rotatable bonds is 2. The van der Waals surface area contributed by atoms with Crippen LogP contribution in [0.3, 0.4) is 0 Å². The molecule has 0 amide bonds. The molecule has 1 atom stereocenters. The Kier molecular flexibility index (Phi) is 2.04. The number of nitrogens with one attached hydrogen (secondary N) is 1. The maximum absolute atomic E-state index is 10.6. The van der Waals surface area contributed by atoms with Gasteiger partial charge >= 0.3 is 5.97 Å². The van der Waals surface area contributed by atoms with Crippen molar-refractivity contribution in [2.45, 2.75) is 12.3 Å². The van der Waals surface area contributed by atoms with E-state index in [0.717, 1.165) is 11.3 Å². The van der Waals surface area contributed by atoms with Crippen LogP contribution in [0.25, 0.3) is 0 Å². The fraction of sp³-hybridized carbons (Fsp3) is 0.300. The molecule has 3 N–H and O–H groups in total. The summed E-state index contributed by atoms with van der Waals surface area (Å²) >= 11 is 0. The van der Waals surface area contributed by atoms with Crippen molar-refractivity contribution in [2.75, 3.05) is 11.9 Å². The summed E-state index contributed by atoms with van der Waals surface area (Å²) in [6.45, 7) is 0.583. The Hall–Kier alpha value is -1.71. The lowest BCUT2D eigenvalue weighted by Crippen LogP contribution is -2.08. The minimum Gasteiger partial charge on any atom is -0.508 e. The Bertz CT molecular complexity index is 376. The lowest BCUT2D eigenvalue weighted by Gasteiger charge is -2.07. The molecule has 1 aliphatic heterocycles. The average molecular weight is 193 g/mol. The van der Waals surface area contributed by atoms with E-state index in [0.29, 0.717) is 6.54 Å². The minimum absolute atomic E-state index is 0.0531. The van der Waals surface area contributed by atoms with E-state index in [9.17, 15) is 9.90 Å². The van der Waals surface area contributed by atoms with Gasteiger partial charge in [0.1, 0.15) is 5.75 Å². The van der Waals surface area contributed by atoms with Crippen LogP contribution >= 0.6 is 0 Å². The molecule has 0 spiro atoms. The lowest BCUT2D eigenvalue weighted by atomic mass is 9.97. The maximum Gasteiger partial charge on any atom is 0.304 e. The summed E-state index contributed by atoms with van der Waals surface area (Å²) in [6, 6.07) is 5.17. The van der Waals surface area contributed by atoms with Crippen LogP contribution in [0.4, 0.5) is 5.69 Å². The number of carboxylic acids is 1. The van der Waals surface area contributed by atoms with E-state index in [2.05, 4.69) is 5.32 Å². The highest BCUT2D eigenvalue weighted by Gasteiger charge is 2.26. The Morgan fingerprint density at radius 1 is 1.57 bits per heavy atom. The third-order valence-electron chi connectivity index (χ3n) is 2.45. The van der Waals surface area contributed by atoms with Gasteiger partial charge < -0.3 is 15.5 Å². The van der Waals surface area contributed by atoms with E-state index in [-0.39, 0.29) is 18.1 Å². The van der Waals surface area contributed by atoms with E-state index in [1.807, 2.05) is 6.07 Å². The molecule has 0 aliphatic carbocycles. The molecule has 2 rings (SSSR count). The molecule has 14 heavy (non-hydrogen) atoms. The Balaban J connectivity index is 2.33. The maximum atomic E-state index is 10.6. The summed E-state index contributed by atoms with van der Waals surface area (Å²) in [4.78, 5) is 10.6. The van der Waals surface area contributed by atoms with Gasteiger partial charge in [-0.25, -0.2) is 0 Å². The van der Waals surface area contributed by atoms with Crippen LogP contribution in [-0.4, -0.2) is 22.7 Å². The van der Waals surface area contributed by atoms with Crippen molar-refractivity contribution in [3.05, 3.63) is 23.8 Å².